The van der Waals surface area contributed by atoms with Gasteiger partial charge in [-0.05, 0) is 23.6 Å². The summed E-state index contributed by atoms with van der Waals surface area (Å²) in [7, 11) is 0. The minimum Gasteiger partial charge on any atom is -0.294 e. The fraction of sp³-hybridized carbons (Fsp3) is 0.417. The van der Waals surface area contributed by atoms with Crippen LogP contribution in [-0.4, -0.2) is 11.2 Å². The molecule has 0 unspecified atom stereocenters. The Morgan fingerprint density at radius 3 is 2.31 bits per heavy atom. The highest BCUT2D eigenvalue weighted by molar-refractivity contribution is 6.21. The van der Waals surface area contributed by atoms with E-state index in [2.05, 4.69) is 0 Å². The molecule has 0 aliphatic heterocycles. The predicted octanol–water partition coefficient (Wildman–Crippen LogP) is 4.04. The summed E-state index contributed by atoms with van der Waals surface area (Å²) in [6.07, 6.45) is 0.0269. The van der Waals surface area contributed by atoms with Gasteiger partial charge in [0.2, 0.25) is 0 Å². The van der Waals surface area contributed by atoms with Crippen LogP contribution in [0.3, 0.4) is 0 Å². The van der Waals surface area contributed by atoms with Gasteiger partial charge in [-0.2, -0.15) is 8.78 Å². The van der Waals surface area contributed by atoms with Gasteiger partial charge in [-0.3, -0.25) is 4.79 Å². The maximum atomic E-state index is 12.3. The third-order valence-corrected chi connectivity index (χ3v) is 2.51. The average molecular weight is 247 g/mol. The van der Waals surface area contributed by atoms with Gasteiger partial charge < -0.3 is 0 Å². The smallest absolute Gasteiger partial charge is 0.294 e. The van der Waals surface area contributed by atoms with Crippen molar-refractivity contribution in [3.63, 3.8) is 0 Å². The van der Waals surface area contributed by atoms with E-state index in [-0.39, 0.29) is 12.2 Å². The molecule has 0 aliphatic carbocycles. The van der Waals surface area contributed by atoms with Gasteiger partial charge in [0.1, 0.15) is 0 Å². The van der Waals surface area contributed by atoms with Crippen LogP contribution in [0.5, 0.6) is 0 Å². The van der Waals surface area contributed by atoms with E-state index in [9.17, 15) is 13.6 Å². The Labute approximate surface area is 98.4 Å². The largest absolute Gasteiger partial charge is 0.322 e. The van der Waals surface area contributed by atoms with Crippen LogP contribution in [0, 0.1) is 0 Å². The summed E-state index contributed by atoms with van der Waals surface area (Å²) in [5.74, 6) is -0.303. The van der Waals surface area contributed by atoms with E-state index in [1.54, 1.807) is 12.1 Å². The Morgan fingerprint density at radius 1 is 1.31 bits per heavy atom. The molecule has 0 bridgehead atoms. The average Bonchev–Trinajstić information content (AvgIpc) is 2.25. The first-order chi connectivity index (χ1) is 7.42. The van der Waals surface area contributed by atoms with Gasteiger partial charge in [-0.1, -0.05) is 31.2 Å². The third kappa shape index (κ3) is 4.27. The van der Waals surface area contributed by atoms with Crippen molar-refractivity contribution in [1.82, 2.24) is 0 Å². The van der Waals surface area contributed by atoms with Crippen molar-refractivity contribution in [1.29, 1.82) is 0 Å². The molecule has 1 rings (SSSR count). The Kier molecular flexibility index (Phi) is 4.42. The maximum Gasteiger partial charge on any atom is 0.322 e. The molecule has 0 atom stereocenters. The molecule has 0 amide bonds. The van der Waals surface area contributed by atoms with Crippen LogP contribution < -0.4 is 0 Å². The molecular weight excluding hydrogens is 234 g/mol. The fourth-order valence-electron chi connectivity index (χ4n) is 1.33. The summed E-state index contributed by atoms with van der Waals surface area (Å²) >= 11 is 4.73. The van der Waals surface area contributed by atoms with Gasteiger partial charge in [-0.25, -0.2) is 0 Å². The standard InChI is InChI=1S/C12H13ClF2O/c1-2-9-3-5-10(6-4-9)11(16)7-8-12(13,14)15/h3-6H,2,7-8H2,1H3. The molecule has 0 aromatic heterocycles. The van der Waals surface area contributed by atoms with Crippen molar-refractivity contribution in [3.8, 4) is 0 Å². The second kappa shape index (κ2) is 5.39. The first kappa shape index (κ1) is 13.1. The van der Waals surface area contributed by atoms with Crippen molar-refractivity contribution in [2.75, 3.05) is 0 Å². The number of Topliss-reactive ketones (excluding diaryl/α,β-unsaturated/α-hetero) is 1. The molecule has 88 valence electrons. The normalized spacial score (nSPS) is 11.5. The van der Waals surface area contributed by atoms with Gasteiger partial charge >= 0.3 is 5.38 Å². The SMILES string of the molecule is CCc1ccc(C(=O)CCC(F)(F)Cl)cc1. The molecule has 0 aliphatic rings. The number of rotatable bonds is 5. The zero-order valence-corrected chi connectivity index (χ0v) is 9.73. The van der Waals surface area contributed by atoms with Crippen molar-refractivity contribution < 1.29 is 13.6 Å². The quantitative estimate of drug-likeness (QED) is 0.566. The molecule has 1 aromatic rings. The van der Waals surface area contributed by atoms with Gasteiger partial charge in [0.15, 0.2) is 5.78 Å². The van der Waals surface area contributed by atoms with Gasteiger partial charge in [0.05, 0.1) is 0 Å². The van der Waals surface area contributed by atoms with Crippen molar-refractivity contribution >= 4 is 17.4 Å². The lowest BCUT2D eigenvalue weighted by Crippen LogP contribution is -2.09. The number of benzene rings is 1. The van der Waals surface area contributed by atoms with Crippen LogP contribution in [0.25, 0.3) is 0 Å². The monoisotopic (exact) mass is 246 g/mol. The van der Waals surface area contributed by atoms with E-state index in [4.69, 9.17) is 11.6 Å². The number of carbonyl (C=O) groups excluding carboxylic acids is 1. The molecule has 0 saturated carbocycles. The minimum atomic E-state index is -3.29. The lowest BCUT2D eigenvalue weighted by Gasteiger charge is -2.06. The minimum absolute atomic E-state index is 0.234. The van der Waals surface area contributed by atoms with E-state index >= 15 is 0 Å². The highest BCUT2D eigenvalue weighted by atomic mass is 35.5. The Hall–Kier alpha value is -0.960. The zero-order chi connectivity index (χ0) is 12.2. The number of hydrogen-bond donors (Lipinski definition) is 0. The van der Waals surface area contributed by atoms with E-state index in [0.29, 0.717) is 5.56 Å². The molecule has 0 spiro atoms. The number of carbonyl (C=O) groups is 1. The molecule has 1 nitrogen and oxygen atoms in total. The lowest BCUT2D eigenvalue weighted by molar-refractivity contribution is 0.0735. The summed E-state index contributed by atoms with van der Waals surface area (Å²) in [5, 5.41) is -3.29. The molecule has 0 saturated heterocycles. The molecule has 0 N–H and O–H groups in total. The van der Waals surface area contributed by atoms with Crippen LogP contribution in [0.15, 0.2) is 24.3 Å². The van der Waals surface area contributed by atoms with Crippen LogP contribution >= 0.6 is 11.6 Å². The van der Waals surface area contributed by atoms with Crippen LogP contribution in [0.4, 0.5) is 8.78 Å². The van der Waals surface area contributed by atoms with E-state index in [0.717, 1.165) is 12.0 Å². The van der Waals surface area contributed by atoms with E-state index < -0.39 is 11.8 Å². The number of alkyl halides is 3. The molecule has 0 radical (unpaired) electrons. The molecule has 1 aromatic carbocycles. The molecule has 16 heavy (non-hydrogen) atoms. The van der Waals surface area contributed by atoms with E-state index in [1.165, 1.54) is 0 Å². The Balaban J connectivity index is 2.59. The second-order valence-corrected chi connectivity index (χ2v) is 4.14. The lowest BCUT2D eigenvalue weighted by atomic mass is 10.0. The summed E-state index contributed by atoms with van der Waals surface area (Å²) in [4.78, 5) is 11.5. The van der Waals surface area contributed by atoms with Crippen molar-refractivity contribution in [2.45, 2.75) is 31.6 Å². The Bertz CT molecular complexity index is 354. The number of aryl methyl sites for hydroxylation is 1. The molecule has 0 heterocycles. The predicted molar refractivity (Wildman–Crippen MR) is 60.2 cm³/mol. The number of hydrogen-bond acceptors (Lipinski definition) is 1. The number of halogens is 3. The fourth-order valence-corrected chi connectivity index (χ4v) is 1.42. The van der Waals surface area contributed by atoms with Crippen LogP contribution in [0.2, 0.25) is 0 Å². The second-order valence-electron chi connectivity index (χ2n) is 3.59. The molecule has 4 heteroatoms. The molecule has 0 fully saturated rings. The molecular formula is C12H13ClF2O. The van der Waals surface area contributed by atoms with Gasteiger partial charge in [0, 0.05) is 18.4 Å². The maximum absolute atomic E-state index is 12.3. The summed E-state index contributed by atoms with van der Waals surface area (Å²) in [6, 6.07) is 6.97. The van der Waals surface area contributed by atoms with Crippen LogP contribution in [-0.2, 0) is 6.42 Å². The topological polar surface area (TPSA) is 17.1 Å². The summed E-state index contributed by atoms with van der Waals surface area (Å²) in [5.41, 5.74) is 1.57. The van der Waals surface area contributed by atoms with Crippen LogP contribution in [0.1, 0.15) is 35.7 Å². The first-order valence-corrected chi connectivity index (χ1v) is 5.49. The highest BCUT2D eigenvalue weighted by Crippen LogP contribution is 2.25. The summed E-state index contributed by atoms with van der Waals surface area (Å²) < 4.78 is 24.7. The van der Waals surface area contributed by atoms with Gasteiger partial charge in [0.25, 0.3) is 0 Å². The van der Waals surface area contributed by atoms with E-state index in [1.807, 2.05) is 19.1 Å². The first-order valence-electron chi connectivity index (χ1n) is 5.11. The highest BCUT2D eigenvalue weighted by Gasteiger charge is 2.25. The zero-order valence-electron chi connectivity index (χ0n) is 8.97. The summed E-state index contributed by atoms with van der Waals surface area (Å²) in [6.45, 7) is 2.00. The Morgan fingerprint density at radius 2 is 1.88 bits per heavy atom. The third-order valence-electron chi connectivity index (χ3n) is 2.32. The number of ketones is 1. The van der Waals surface area contributed by atoms with Crippen molar-refractivity contribution in [2.24, 2.45) is 0 Å². The van der Waals surface area contributed by atoms with Gasteiger partial charge in [-0.15, -0.1) is 0 Å². The van der Waals surface area contributed by atoms with Crippen molar-refractivity contribution in [3.05, 3.63) is 35.4 Å².